The van der Waals surface area contributed by atoms with Gasteiger partial charge >= 0.3 is 6.18 Å². The number of rotatable bonds is 3. The second kappa shape index (κ2) is 5.65. The fraction of sp³-hybridized carbons (Fsp3) is 0.667. The molecule has 1 heterocycles. The Morgan fingerprint density at radius 2 is 2.06 bits per heavy atom. The summed E-state index contributed by atoms with van der Waals surface area (Å²) in [5, 5.41) is 2.98. The maximum absolute atomic E-state index is 12.9. The first-order valence-corrected chi connectivity index (χ1v) is 6.12. The maximum Gasteiger partial charge on any atom is 0.393 e. The van der Waals surface area contributed by atoms with Gasteiger partial charge < -0.3 is 5.32 Å². The van der Waals surface area contributed by atoms with Crippen molar-refractivity contribution in [1.82, 2.24) is 15.3 Å². The fourth-order valence-electron chi connectivity index (χ4n) is 2.43. The Bertz CT molecular complexity index is 367. The molecule has 0 amide bonds. The fourth-order valence-corrected chi connectivity index (χ4v) is 2.43. The van der Waals surface area contributed by atoms with Crippen molar-refractivity contribution in [1.29, 1.82) is 0 Å². The summed E-state index contributed by atoms with van der Waals surface area (Å²) < 4.78 is 38.6. The number of nitrogens with one attached hydrogen (secondary N) is 1. The summed E-state index contributed by atoms with van der Waals surface area (Å²) >= 11 is 0. The van der Waals surface area contributed by atoms with Crippen LogP contribution in [0.2, 0.25) is 0 Å². The van der Waals surface area contributed by atoms with E-state index in [1.54, 1.807) is 12.3 Å². The molecule has 0 aromatic carbocycles. The van der Waals surface area contributed by atoms with Gasteiger partial charge in [0.15, 0.2) is 0 Å². The van der Waals surface area contributed by atoms with E-state index in [1.807, 2.05) is 0 Å². The summed E-state index contributed by atoms with van der Waals surface area (Å²) in [4.78, 5) is 7.77. The van der Waals surface area contributed by atoms with E-state index < -0.39 is 18.1 Å². The maximum atomic E-state index is 12.9. The Kier molecular flexibility index (Phi) is 4.16. The van der Waals surface area contributed by atoms with Crippen LogP contribution in [-0.4, -0.2) is 22.2 Å². The number of aromatic nitrogens is 2. The first-order chi connectivity index (χ1) is 8.57. The zero-order valence-corrected chi connectivity index (χ0v) is 9.95. The van der Waals surface area contributed by atoms with Crippen LogP contribution in [0.15, 0.2) is 18.6 Å². The molecule has 1 aromatic rings. The highest BCUT2D eigenvalue weighted by atomic mass is 19.4. The SMILES string of the molecule is FC(F)(F)C1CCCCC1NCc1ccncn1. The van der Waals surface area contributed by atoms with E-state index >= 15 is 0 Å². The van der Waals surface area contributed by atoms with Crippen LogP contribution in [0, 0.1) is 5.92 Å². The highest BCUT2D eigenvalue weighted by molar-refractivity contribution is 4.98. The summed E-state index contributed by atoms with van der Waals surface area (Å²) in [7, 11) is 0. The lowest BCUT2D eigenvalue weighted by atomic mass is 9.84. The lowest BCUT2D eigenvalue weighted by Crippen LogP contribution is -2.45. The second-order valence-corrected chi connectivity index (χ2v) is 4.62. The minimum Gasteiger partial charge on any atom is -0.308 e. The van der Waals surface area contributed by atoms with Crippen LogP contribution in [0.25, 0.3) is 0 Å². The van der Waals surface area contributed by atoms with Gasteiger partial charge in [0, 0.05) is 18.8 Å². The van der Waals surface area contributed by atoms with E-state index in [2.05, 4.69) is 15.3 Å². The molecule has 1 fully saturated rings. The topological polar surface area (TPSA) is 37.8 Å². The van der Waals surface area contributed by atoms with Crippen molar-refractivity contribution in [3.05, 3.63) is 24.3 Å². The van der Waals surface area contributed by atoms with E-state index in [1.165, 1.54) is 6.33 Å². The third-order valence-electron chi connectivity index (χ3n) is 3.37. The Morgan fingerprint density at radius 1 is 1.28 bits per heavy atom. The van der Waals surface area contributed by atoms with Crippen molar-refractivity contribution in [3.8, 4) is 0 Å². The van der Waals surface area contributed by atoms with Crippen LogP contribution in [0.5, 0.6) is 0 Å². The molecule has 0 spiro atoms. The number of nitrogens with zero attached hydrogens (tertiary/aromatic N) is 2. The Morgan fingerprint density at radius 3 is 2.72 bits per heavy atom. The van der Waals surface area contributed by atoms with E-state index in [4.69, 9.17) is 0 Å². The first kappa shape index (κ1) is 13.3. The van der Waals surface area contributed by atoms with Gasteiger partial charge in [-0.15, -0.1) is 0 Å². The van der Waals surface area contributed by atoms with Crippen molar-refractivity contribution < 1.29 is 13.2 Å². The summed E-state index contributed by atoms with van der Waals surface area (Å²) in [6, 6.07) is 1.21. The highest BCUT2D eigenvalue weighted by Crippen LogP contribution is 2.37. The van der Waals surface area contributed by atoms with Crippen molar-refractivity contribution in [2.75, 3.05) is 0 Å². The molecule has 2 atom stereocenters. The molecule has 1 aliphatic rings. The molecular formula is C12H16F3N3. The van der Waals surface area contributed by atoms with E-state index in [0.717, 1.165) is 12.1 Å². The average Bonchev–Trinajstić information content (AvgIpc) is 2.37. The van der Waals surface area contributed by atoms with Crippen molar-refractivity contribution in [3.63, 3.8) is 0 Å². The van der Waals surface area contributed by atoms with Gasteiger partial charge in [-0.25, -0.2) is 9.97 Å². The Hall–Kier alpha value is -1.17. The van der Waals surface area contributed by atoms with Crippen molar-refractivity contribution >= 4 is 0 Å². The molecule has 2 unspecified atom stereocenters. The van der Waals surface area contributed by atoms with Crippen LogP contribution in [0.4, 0.5) is 13.2 Å². The average molecular weight is 259 g/mol. The summed E-state index contributed by atoms with van der Waals surface area (Å²) in [5.74, 6) is -1.23. The minimum absolute atomic E-state index is 0.227. The standard InChI is InChI=1S/C12H16F3N3/c13-12(14,15)10-3-1-2-4-11(10)17-7-9-5-6-16-8-18-9/h5-6,8,10-11,17H,1-4,7H2. The predicted molar refractivity (Wildman–Crippen MR) is 60.7 cm³/mol. The minimum atomic E-state index is -4.11. The van der Waals surface area contributed by atoms with Crippen LogP contribution in [-0.2, 0) is 6.54 Å². The zero-order chi connectivity index (χ0) is 13.0. The molecule has 2 rings (SSSR count). The number of halogens is 3. The molecule has 1 aromatic heterocycles. The van der Waals surface area contributed by atoms with E-state index in [-0.39, 0.29) is 6.42 Å². The van der Waals surface area contributed by atoms with Gasteiger partial charge in [0.2, 0.25) is 0 Å². The predicted octanol–water partition coefficient (Wildman–Crippen LogP) is 2.69. The van der Waals surface area contributed by atoms with Crippen LogP contribution in [0.3, 0.4) is 0 Å². The molecule has 18 heavy (non-hydrogen) atoms. The third-order valence-corrected chi connectivity index (χ3v) is 3.37. The van der Waals surface area contributed by atoms with Gasteiger partial charge in [0.05, 0.1) is 11.6 Å². The lowest BCUT2D eigenvalue weighted by Gasteiger charge is -2.33. The van der Waals surface area contributed by atoms with Gasteiger partial charge in [-0.2, -0.15) is 13.2 Å². The van der Waals surface area contributed by atoms with Gasteiger partial charge in [-0.1, -0.05) is 12.8 Å². The molecule has 0 bridgehead atoms. The molecule has 100 valence electrons. The Labute approximate surface area is 104 Å². The summed E-state index contributed by atoms with van der Waals surface area (Å²) in [6.07, 6.45) is 1.21. The zero-order valence-electron chi connectivity index (χ0n) is 9.95. The summed E-state index contributed by atoms with van der Waals surface area (Å²) in [6.45, 7) is 0.361. The van der Waals surface area contributed by atoms with Crippen molar-refractivity contribution in [2.45, 2.75) is 44.4 Å². The number of hydrogen-bond acceptors (Lipinski definition) is 3. The van der Waals surface area contributed by atoms with Gasteiger partial charge in [0.1, 0.15) is 6.33 Å². The number of hydrogen-bond donors (Lipinski definition) is 1. The lowest BCUT2D eigenvalue weighted by molar-refractivity contribution is -0.189. The Balaban J connectivity index is 1.94. The molecule has 1 aliphatic carbocycles. The van der Waals surface area contributed by atoms with Gasteiger partial charge in [-0.3, -0.25) is 0 Å². The molecule has 1 saturated carbocycles. The molecule has 0 saturated heterocycles. The molecule has 1 N–H and O–H groups in total. The van der Waals surface area contributed by atoms with Crippen LogP contribution in [0.1, 0.15) is 31.4 Å². The van der Waals surface area contributed by atoms with Gasteiger partial charge in [0.25, 0.3) is 0 Å². The third kappa shape index (κ3) is 3.41. The molecule has 3 nitrogen and oxygen atoms in total. The second-order valence-electron chi connectivity index (χ2n) is 4.62. The molecule has 0 aliphatic heterocycles. The van der Waals surface area contributed by atoms with Crippen molar-refractivity contribution in [2.24, 2.45) is 5.92 Å². The normalized spacial score (nSPS) is 25.1. The molecular weight excluding hydrogens is 243 g/mol. The largest absolute Gasteiger partial charge is 0.393 e. The van der Waals surface area contributed by atoms with Crippen LogP contribution >= 0.6 is 0 Å². The molecule has 0 radical (unpaired) electrons. The highest BCUT2D eigenvalue weighted by Gasteiger charge is 2.45. The monoisotopic (exact) mass is 259 g/mol. The summed E-state index contributed by atoms with van der Waals surface area (Å²) in [5.41, 5.74) is 0.719. The first-order valence-electron chi connectivity index (χ1n) is 6.12. The quantitative estimate of drug-likeness (QED) is 0.907. The smallest absolute Gasteiger partial charge is 0.308 e. The van der Waals surface area contributed by atoms with Crippen LogP contribution < -0.4 is 5.32 Å². The number of alkyl halides is 3. The molecule has 6 heteroatoms. The van der Waals surface area contributed by atoms with E-state index in [0.29, 0.717) is 19.4 Å². The van der Waals surface area contributed by atoms with Gasteiger partial charge in [-0.05, 0) is 18.9 Å². The van der Waals surface area contributed by atoms with E-state index in [9.17, 15) is 13.2 Å².